The van der Waals surface area contributed by atoms with E-state index in [0.717, 1.165) is 36.0 Å². The maximum absolute atomic E-state index is 14.9. The molecule has 0 spiro atoms. The standard InChI is InChI=1S/C25H22F10N6O4/c1-2-22(44,25(33,34)35)21(43)40-7-14(26)15(8-40)39-20(42)12-5-11(3-4-17(12)45-9-23(27,28)29)16-6-13(24(30,31)32)18-19(36)37-10-38-41(16)18/h3-6,10,14-15,44H,2,7-9H2,1H3,(H,39,42)(H2,36,37,38)/t14-,15+,22?/m0/s1. The van der Waals surface area contributed by atoms with Crippen LogP contribution in [0.2, 0.25) is 0 Å². The number of fused-ring (bicyclic) bond motifs is 1. The molecule has 3 aromatic rings. The van der Waals surface area contributed by atoms with Crippen molar-refractivity contribution in [1.29, 1.82) is 0 Å². The lowest BCUT2D eigenvalue weighted by Crippen LogP contribution is -2.57. The number of amides is 2. The fraction of sp³-hybridized carbons (Fsp3) is 0.440. The summed E-state index contributed by atoms with van der Waals surface area (Å²) in [7, 11) is 0. The zero-order valence-corrected chi connectivity index (χ0v) is 22.7. The van der Waals surface area contributed by atoms with Crippen LogP contribution in [-0.4, -0.2) is 86.3 Å². The molecule has 4 N–H and O–H groups in total. The Morgan fingerprint density at radius 1 is 1.09 bits per heavy atom. The van der Waals surface area contributed by atoms with Crippen LogP contribution in [0.1, 0.15) is 29.3 Å². The first-order valence-electron chi connectivity index (χ1n) is 12.7. The largest absolute Gasteiger partial charge is 0.483 e. The van der Waals surface area contributed by atoms with Gasteiger partial charge < -0.3 is 25.8 Å². The number of nitrogens with zero attached hydrogens (tertiary/aromatic N) is 4. The molecule has 0 bridgehead atoms. The van der Waals surface area contributed by atoms with Gasteiger partial charge in [0.25, 0.3) is 11.8 Å². The first-order valence-corrected chi connectivity index (χ1v) is 12.7. The number of alkyl halides is 10. The highest BCUT2D eigenvalue weighted by atomic mass is 19.4. The lowest BCUT2D eigenvalue weighted by Gasteiger charge is -2.31. The number of nitrogens with one attached hydrogen (secondary N) is 1. The van der Waals surface area contributed by atoms with Gasteiger partial charge in [0, 0.05) is 12.1 Å². The van der Waals surface area contributed by atoms with Gasteiger partial charge in [0.1, 0.15) is 23.8 Å². The molecule has 2 aromatic heterocycles. The molecule has 0 radical (unpaired) electrons. The van der Waals surface area contributed by atoms with Gasteiger partial charge in [0.2, 0.25) is 5.60 Å². The van der Waals surface area contributed by atoms with Crippen molar-refractivity contribution in [2.24, 2.45) is 0 Å². The van der Waals surface area contributed by atoms with E-state index in [2.05, 4.69) is 15.4 Å². The molecule has 45 heavy (non-hydrogen) atoms. The number of halogens is 10. The lowest BCUT2D eigenvalue weighted by molar-refractivity contribution is -0.256. The smallest absolute Gasteiger partial charge is 0.426 e. The summed E-state index contributed by atoms with van der Waals surface area (Å²) in [6.45, 7) is -2.88. The van der Waals surface area contributed by atoms with Crippen LogP contribution in [0, 0.1) is 0 Å². The van der Waals surface area contributed by atoms with Gasteiger partial charge in [-0.25, -0.2) is 13.9 Å². The quantitative estimate of drug-likeness (QED) is 0.327. The van der Waals surface area contributed by atoms with E-state index >= 15 is 0 Å². The molecule has 3 heterocycles. The summed E-state index contributed by atoms with van der Waals surface area (Å²) in [6, 6.07) is 1.57. The van der Waals surface area contributed by atoms with Crippen molar-refractivity contribution < 1.29 is 63.3 Å². The molecular weight excluding hydrogens is 638 g/mol. The molecule has 3 atom stereocenters. The first-order chi connectivity index (χ1) is 20.7. The maximum Gasteiger partial charge on any atom is 0.426 e. The number of ether oxygens (including phenoxy) is 1. The highest BCUT2D eigenvalue weighted by Gasteiger charge is 2.60. The number of benzene rings is 1. The Morgan fingerprint density at radius 3 is 2.33 bits per heavy atom. The van der Waals surface area contributed by atoms with Gasteiger partial charge in [-0.05, 0) is 30.7 Å². The minimum atomic E-state index is -5.41. The van der Waals surface area contributed by atoms with Crippen molar-refractivity contribution in [2.75, 3.05) is 25.4 Å². The molecule has 246 valence electrons. The summed E-state index contributed by atoms with van der Waals surface area (Å²) < 4.78 is 140. The van der Waals surface area contributed by atoms with Gasteiger partial charge in [-0.3, -0.25) is 9.59 Å². The van der Waals surface area contributed by atoms with E-state index in [4.69, 9.17) is 10.5 Å². The van der Waals surface area contributed by atoms with Gasteiger partial charge in [-0.1, -0.05) is 6.92 Å². The molecule has 4 rings (SSSR count). The molecule has 1 saturated heterocycles. The zero-order valence-electron chi connectivity index (χ0n) is 22.7. The van der Waals surface area contributed by atoms with E-state index in [9.17, 15) is 58.6 Å². The first kappa shape index (κ1) is 33.5. The number of nitrogens with two attached hydrogens (primary N) is 1. The van der Waals surface area contributed by atoms with Crippen molar-refractivity contribution in [1.82, 2.24) is 24.8 Å². The maximum atomic E-state index is 14.9. The SMILES string of the molecule is CCC(O)(C(=O)N1C[C@H](F)[C@H](NC(=O)c2cc(-c3cc(C(F)(F)F)c4c(N)ncnn34)ccc2OCC(F)(F)F)C1)C(F)(F)F. The molecule has 1 unspecified atom stereocenters. The van der Waals surface area contributed by atoms with Crippen molar-refractivity contribution in [3.8, 4) is 17.0 Å². The molecule has 1 fully saturated rings. The van der Waals surface area contributed by atoms with Crippen LogP contribution in [0.4, 0.5) is 49.7 Å². The van der Waals surface area contributed by atoms with Crippen LogP contribution in [-0.2, 0) is 11.0 Å². The van der Waals surface area contributed by atoms with Gasteiger partial charge in [-0.2, -0.15) is 44.6 Å². The molecule has 0 aliphatic carbocycles. The summed E-state index contributed by atoms with van der Waals surface area (Å²) >= 11 is 0. The van der Waals surface area contributed by atoms with Crippen LogP contribution < -0.4 is 15.8 Å². The summed E-state index contributed by atoms with van der Waals surface area (Å²) in [4.78, 5) is 29.6. The number of likely N-dealkylation sites (tertiary alicyclic amines) is 1. The van der Waals surface area contributed by atoms with Crippen molar-refractivity contribution in [3.63, 3.8) is 0 Å². The number of hydrogen-bond donors (Lipinski definition) is 3. The molecule has 2 amide bonds. The highest BCUT2D eigenvalue weighted by Crippen LogP contribution is 2.40. The van der Waals surface area contributed by atoms with E-state index in [1.165, 1.54) is 0 Å². The van der Waals surface area contributed by atoms with Crippen molar-refractivity contribution >= 4 is 23.1 Å². The number of anilines is 1. The normalized spacial score (nSPS) is 19.1. The minimum Gasteiger partial charge on any atom is -0.483 e. The van der Waals surface area contributed by atoms with E-state index in [0.29, 0.717) is 11.0 Å². The van der Waals surface area contributed by atoms with E-state index in [1.54, 1.807) is 0 Å². The summed E-state index contributed by atoms with van der Waals surface area (Å²) in [6.07, 6.45) is -17.7. The second kappa shape index (κ2) is 11.5. The number of carbonyl (C=O) groups excluding carboxylic acids is 2. The predicted molar refractivity (Wildman–Crippen MR) is 133 cm³/mol. The number of rotatable bonds is 7. The van der Waals surface area contributed by atoms with Gasteiger partial charge >= 0.3 is 18.5 Å². The Morgan fingerprint density at radius 2 is 1.76 bits per heavy atom. The van der Waals surface area contributed by atoms with Crippen LogP contribution in [0.15, 0.2) is 30.6 Å². The number of aliphatic hydroxyl groups is 1. The number of hydrogen-bond acceptors (Lipinski definition) is 7. The van der Waals surface area contributed by atoms with Crippen LogP contribution >= 0.6 is 0 Å². The fourth-order valence-electron chi connectivity index (χ4n) is 4.69. The second-order valence-electron chi connectivity index (χ2n) is 9.98. The molecule has 1 aliphatic heterocycles. The van der Waals surface area contributed by atoms with Crippen LogP contribution in [0.25, 0.3) is 16.8 Å². The fourth-order valence-corrected chi connectivity index (χ4v) is 4.69. The summed E-state index contributed by atoms with van der Waals surface area (Å²) in [5.41, 5.74) is -1.46. The molecule has 1 aliphatic rings. The Balaban J connectivity index is 1.71. The van der Waals surface area contributed by atoms with E-state index in [-0.39, 0.29) is 11.3 Å². The number of aromatic nitrogens is 3. The number of carbonyl (C=O) groups is 2. The summed E-state index contributed by atoms with van der Waals surface area (Å²) in [5, 5.41) is 15.7. The zero-order chi connectivity index (χ0) is 33.7. The Hall–Kier alpha value is -4.36. The summed E-state index contributed by atoms with van der Waals surface area (Å²) in [5.74, 6) is -4.53. The van der Waals surface area contributed by atoms with E-state index < -0.39 is 102 Å². The Bertz CT molecular complexity index is 1610. The third kappa shape index (κ3) is 6.54. The average molecular weight is 660 g/mol. The van der Waals surface area contributed by atoms with Crippen molar-refractivity contribution in [3.05, 3.63) is 41.7 Å². The second-order valence-corrected chi connectivity index (χ2v) is 9.98. The average Bonchev–Trinajstić information content (AvgIpc) is 3.51. The molecule has 10 nitrogen and oxygen atoms in total. The van der Waals surface area contributed by atoms with E-state index in [1.807, 2.05) is 0 Å². The van der Waals surface area contributed by atoms with Gasteiger partial charge in [0.15, 0.2) is 12.4 Å². The monoisotopic (exact) mass is 660 g/mol. The third-order valence-electron chi connectivity index (χ3n) is 6.99. The highest BCUT2D eigenvalue weighted by molar-refractivity contribution is 5.98. The third-order valence-corrected chi connectivity index (χ3v) is 6.99. The molecular formula is C25H22F10N6O4. The van der Waals surface area contributed by atoms with Gasteiger partial charge in [0.05, 0.1) is 29.4 Å². The minimum absolute atomic E-state index is 0.221. The topological polar surface area (TPSA) is 135 Å². The van der Waals surface area contributed by atoms with Crippen LogP contribution in [0.5, 0.6) is 5.75 Å². The molecule has 20 heteroatoms. The van der Waals surface area contributed by atoms with Gasteiger partial charge in [-0.15, -0.1) is 0 Å². The number of nitrogen functional groups attached to an aromatic ring is 1. The molecule has 0 saturated carbocycles. The Kier molecular flexibility index (Phi) is 8.59. The Labute approximate surface area is 245 Å². The molecule has 1 aromatic carbocycles. The lowest BCUT2D eigenvalue weighted by atomic mass is 9.98. The predicted octanol–water partition coefficient (Wildman–Crippen LogP) is 3.92. The van der Waals surface area contributed by atoms with Crippen molar-refractivity contribution in [2.45, 2.75) is 49.7 Å². The van der Waals surface area contributed by atoms with Crippen LogP contribution in [0.3, 0.4) is 0 Å².